The minimum atomic E-state index is -0.185. The molecule has 1 N–H and O–H groups in total. The summed E-state index contributed by atoms with van der Waals surface area (Å²) in [5.41, 5.74) is 0.450. The fraction of sp³-hybridized carbons (Fsp3) is 0.286. The number of hydrogen-bond acceptors (Lipinski definition) is 4. The second-order valence-electron chi connectivity index (χ2n) is 6.20. The van der Waals surface area contributed by atoms with Gasteiger partial charge in [-0.1, -0.05) is 30.3 Å². The van der Waals surface area contributed by atoms with Gasteiger partial charge in [-0.2, -0.15) is 0 Å². The highest BCUT2D eigenvalue weighted by atomic mass is 16.5. The van der Waals surface area contributed by atoms with E-state index in [9.17, 15) is 9.59 Å². The zero-order valence-electron chi connectivity index (χ0n) is 15.4. The van der Waals surface area contributed by atoms with Crippen molar-refractivity contribution in [2.75, 3.05) is 13.2 Å². The van der Waals surface area contributed by atoms with Crippen molar-refractivity contribution in [1.29, 1.82) is 0 Å². The van der Waals surface area contributed by atoms with E-state index in [1.54, 1.807) is 23.1 Å². The van der Waals surface area contributed by atoms with E-state index in [-0.39, 0.29) is 18.0 Å². The van der Waals surface area contributed by atoms with Crippen LogP contribution in [0, 0.1) is 0 Å². The summed E-state index contributed by atoms with van der Waals surface area (Å²) in [5, 5.41) is 0.550. The van der Waals surface area contributed by atoms with Crippen LogP contribution >= 0.6 is 0 Å². The Morgan fingerprint density at radius 1 is 1.11 bits per heavy atom. The van der Waals surface area contributed by atoms with E-state index in [0.717, 1.165) is 5.75 Å². The number of aromatic nitrogens is 2. The van der Waals surface area contributed by atoms with Crippen molar-refractivity contribution in [2.45, 2.75) is 26.3 Å². The second kappa shape index (κ2) is 8.98. The van der Waals surface area contributed by atoms with Crippen LogP contribution in [-0.4, -0.2) is 33.9 Å². The van der Waals surface area contributed by atoms with E-state index in [0.29, 0.717) is 42.7 Å². The van der Waals surface area contributed by atoms with Gasteiger partial charge in [0.15, 0.2) is 0 Å². The average Bonchev–Trinajstić information content (AvgIpc) is 2.70. The predicted molar refractivity (Wildman–Crippen MR) is 105 cm³/mol. The smallest absolute Gasteiger partial charge is 0.258 e. The Morgan fingerprint density at radius 3 is 2.63 bits per heavy atom. The first-order valence-corrected chi connectivity index (χ1v) is 9.11. The van der Waals surface area contributed by atoms with Crippen LogP contribution in [0.25, 0.3) is 10.9 Å². The minimum Gasteiger partial charge on any atom is -0.494 e. The molecule has 0 radical (unpaired) electrons. The lowest BCUT2D eigenvalue weighted by Gasteiger charge is -2.20. The number of carbonyl (C=O) groups is 1. The molecule has 0 bridgehead atoms. The fourth-order valence-electron chi connectivity index (χ4n) is 2.86. The zero-order chi connectivity index (χ0) is 19.1. The number of para-hydroxylation sites is 2. The molecule has 3 aromatic rings. The molecule has 6 nitrogen and oxygen atoms in total. The Hall–Kier alpha value is -3.15. The van der Waals surface area contributed by atoms with Crippen LogP contribution in [0.3, 0.4) is 0 Å². The number of rotatable bonds is 8. The summed E-state index contributed by atoms with van der Waals surface area (Å²) in [6.45, 7) is 3.24. The van der Waals surface area contributed by atoms with Crippen LogP contribution in [0.2, 0.25) is 0 Å². The van der Waals surface area contributed by atoms with Crippen molar-refractivity contribution in [2.24, 2.45) is 0 Å². The van der Waals surface area contributed by atoms with Gasteiger partial charge in [-0.15, -0.1) is 0 Å². The highest BCUT2D eigenvalue weighted by Gasteiger charge is 2.14. The molecule has 1 amide bonds. The SMILES string of the molecule is CCN(Cc1nc2ccccc2c(=O)[nH]1)C(=O)CCCOc1ccccc1. The van der Waals surface area contributed by atoms with Crippen molar-refractivity contribution < 1.29 is 9.53 Å². The van der Waals surface area contributed by atoms with Gasteiger partial charge < -0.3 is 14.6 Å². The summed E-state index contributed by atoms with van der Waals surface area (Å²) in [6.07, 6.45) is 1.02. The molecule has 0 spiro atoms. The molecule has 2 aromatic carbocycles. The number of benzene rings is 2. The first kappa shape index (κ1) is 18.6. The number of nitrogens with zero attached hydrogens (tertiary/aromatic N) is 2. The van der Waals surface area contributed by atoms with Crippen LogP contribution in [0.1, 0.15) is 25.6 Å². The Bertz CT molecular complexity index is 954. The molecule has 3 rings (SSSR count). The topological polar surface area (TPSA) is 75.3 Å². The Kier molecular flexibility index (Phi) is 6.20. The number of hydrogen-bond donors (Lipinski definition) is 1. The maximum absolute atomic E-state index is 12.5. The van der Waals surface area contributed by atoms with Crippen molar-refractivity contribution in [3.63, 3.8) is 0 Å². The maximum Gasteiger partial charge on any atom is 0.258 e. The van der Waals surface area contributed by atoms with E-state index >= 15 is 0 Å². The number of carbonyl (C=O) groups excluding carboxylic acids is 1. The van der Waals surface area contributed by atoms with E-state index < -0.39 is 0 Å². The molecule has 1 aromatic heterocycles. The number of ether oxygens (including phenoxy) is 1. The molecule has 0 fully saturated rings. The monoisotopic (exact) mass is 365 g/mol. The van der Waals surface area contributed by atoms with Crippen LogP contribution in [0.5, 0.6) is 5.75 Å². The Balaban J connectivity index is 1.56. The number of H-pyrrole nitrogens is 1. The van der Waals surface area contributed by atoms with Gasteiger partial charge in [0.25, 0.3) is 5.56 Å². The highest BCUT2D eigenvalue weighted by Crippen LogP contribution is 2.11. The normalized spacial score (nSPS) is 10.7. The summed E-state index contributed by atoms with van der Waals surface area (Å²) >= 11 is 0. The molecule has 6 heteroatoms. The lowest BCUT2D eigenvalue weighted by molar-refractivity contribution is -0.131. The zero-order valence-corrected chi connectivity index (χ0v) is 15.4. The Labute approximate surface area is 157 Å². The van der Waals surface area contributed by atoms with Gasteiger partial charge in [-0.3, -0.25) is 9.59 Å². The molecule has 0 aliphatic heterocycles. The molecule has 27 heavy (non-hydrogen) atoms. The van der Waals surface area contributed by atoms with Crippen LogP contribution < -0.4 is 10.3 Å². The third-order valence-electron chi connectivity index (χ3n) is 4.28. The van der Waals surface area contributed by atoms with Gasteiger partial charge in [0.2, 0.25) is 5.91 Å². The Morgan fingerprint density at radius 2 is 1.85 bits per heavy atom. The molecule has 0 aliphatic carbocycles. The van der Waals surface area contributed by atoms with E-state index in [1.165, 1.54) is 0 Å². The summed E-state index contributed by atoms with van der Waals surface area (Å²) in [7, 11) is 0. The fourth-order valence-corrected chi connectivity index (χ4v) is 2.86. The van der Waals surface area contributed by atoms with Gasteiger partial charge in [-0.25, -0.2) is 4.98 Å². The van der Waals surface area contributed by atoms with Gasteiger partial charge >= 0.3 is 0 Å². The lowest BCUT2D eigenvalue weighted by atomic mass is 10.2. The van der Waals surface area contributed by atoms with Crippen LogP contribution in [0.4, 0.5) is 0 Å². The van der Waals surface area contributed by atoms with E-state index in [4.69, 9.17) is 4.74 Å². The first-order valence-electron chi connectivity index (χ1n) is 9.11. The van der Waals surface area contributed by atoms with Crippen molar-refractivity contribution >= 4 is 16.8 Å². The van der Waals surface area contributed by atoms with E-state index in [1.807, 2.05) is 43.3 Å². The molecule has 0 unspecified atom stereocenters. The number of aromatic amines is 1. The minimum absolute atomic E-state index is 0.0185. The second-order valence-corrected chi connectivity index (χ2v) is 6.20. The summed E-state index contributed by atoms with van der Waals surface area (Å²) in [5.74, 6) is 1.31. The standard InChI is InChI=1S/C21H23N3O3/c1-2-24(20(25)13-8-14-27-16-9-4-3-5-10-16)15-19-22-18-12-7-6-11-17(18)21(26)23-19/h3-7,9-12H,2,8,13-15H2,1H3,(H,22,23,26). The van der Waals surface area contributed by atoms with Gasteiger partial charge in [-0.05, 0) is 37.6 Å². The molecule has 0 saturated heterocycles. The summed E-state index contributed by atoms with van der Waals surface area (Å²) in [4.78, 5) is 33.6. The highest BCUT2D eigenvalue weighted by molar-refractivity contribution is 5.77. The van der Waals surface area contributed by atoms with Crippen LogP contribution in [0.15, 0.2) is 59.4 Å². The molecular weight excluding hydrogens is 342 g/mol. The third-order valence-corrected chi connectivity index (χ3v) is 4.28. The molecule has 0 aliphatic rings. The number of amides is 1. The average molecular weight is 365 g/mol. The predicted octanol–water partition coefficient (Wildman–Crippen LogP) is 3.13. The quantitative estimate of drug-likeness (QED) is 0.622. The number of nitrogens with one attached hydrogen (secondary N) is 1. The molecule has 140 valence electrons. The largest absolute Gasteiger partial charge is 0.494 e. The van der Waals surface area contributed by atoms with Gasteiger partial charge in [0, 0.05) is 13.0 Å². The molecule has 0 atom stereocenters. The van der Waals surface area contributed by atoms with Crippen LogP contribution in [-0.2, 0) is 11.3 Å². The van der Waals surface area contributed by atoms with E-state index in [2.05, 4.69) is 9.97 Å². The first-order chi connectivity index (χ1) is 13.2. The molecular formula is C21H23N3O3. The molecule has 0 saturated carbocycles. The summed E-state index contributed by atoms with van der Waals surface area (Å²) in [6, 6.07) is 16.7. The van der Waals surface area contributed by atoms with Crippen molar-refractivity contribution in [3.05, 3.63) is 70.8 Å². The lowest BCUT2D eigenvalue weighted by Crippen LogP contribution is -2.32. The number of fused-ring (bicyclic) bond motifs is 1. The third kappa shape index (κ3) is 4.94. The molecule has 1 heterocycles. The maximum atomic E-state index is 12.5. The van der Waals surface area contributed by atoms with Gasteiger partial charge in [0.1, 0.15) is 11.6 Å². The van der Waals surface area contributed by atoms with Crippen molar-refractivity contribution in [3.8, 4) is 5.75 Å². The summed E-state index contributed by atoms with van der Waals surface area (Å²) < 4.78 is 5.62. The van der Waals surface area contributed by atoms with Gasteiger partial charge in [0.05, 0.1) is 24.1 Å². The van der Waals surface area contributed by atoms with Crippen molar-refractivity contribution in [1.82, 2.24) is 14.9 Å².